The van der Waals surface area contributed by atoms with Crippen LogP contribution >= 0.6 is 0 Å². The van der Waals surface area contributed by atoms with E-state index < -0.39 is 30.3 Å². The van der Waals surface area contributed by atoms with E-state index in [2.05, 4.69) is 16.0 Å². The van der Waals surface area contributed by atoms with Gasteiger partial charge in [0.1, 0.15) is 5.82 Å². The fourth-order valence-electron chi connectivity index (χ4n) is 2.08. The van der Waals surface area contributed by atoms with Gasteiger partial charge in [-0.25, -0.2) is 9.18 Å². The summed E-state index contributed by atoms with van der Waals surface area (Å²) in [6, 6.07) is 14.5. The maximum absolute atomic E-state index is 13.4. The third-order valence-electron chi connectivity index (χ3n) is 3.44. The van der Waals surface area contributed by atoms with Crippen LogP contribution in [0.4, 0.5) is 14.9 Å². The van der Waals surface area contributed by atoms with Gasteiger partial charge in [-0.15, -0.1) is 0 Å². The average Bonchev–Trinajstić information content (AvgIpc) is 2.66. The van der Waals surface area contributed by atoms with Gasteiger partial charge in [0.05, 0.1) is 6.42 Å². The van der Waals surface area contributed by atoms with E-state index in [0.29, 0.717) is 11.3 Å². The SMILES string of the molecule is O=C(COC(=O)CCNC(=O)Nc1ccccc1)NCc1ccccc1F. The molecule has 0 fully saturated rings. The summed E-state index contributed by atoms with van der Waals surface area (Å²) in [6.45, 7) is -0.401. The topological polar surface area (TPSA) is 96.5 Å². The zero-order valence-corrected chi connectivity index (χ0v) is 14.5. The molecule has 3 N–H and O–H groups in total. The lowest BCUT2D eigenvalue weighted by atomic mass is 10.2. The molecular weight excluding hydrogens is 353 g/mol. The first-order valence-electron chi connectivity index (χ1n) is 8.30. The molecule has 27 heavy (non-hydrogen) atoms. The largest absolute Gasteiger partial charge is 0.456 e. The number of benzene rings is 2. The van der Waals surface area contributed by atoms with Crippen LogP contribution in [0.3, 0.4) is 0 Å². The van der Waals surface area contributed by atoms with E-state index >= 15 is 0 Å². The average molecular weight is 373 g/mol. The van der Waals surface area contributed by atoms with Crippen LogP contribution in [-0.2, 0) is 20.9 Å². The number of urea groups is 1. The highest BCUT2D eigenvalue weighted by atomic mass is 19.1. The van der Waals surface area contributed by atoms with E-state index in [0.717, 1.165) is 0 Å². The molecule has 0 saturated carbocycles. The molecule has 0 radical (unpaired) electrons. The number of carbonyl (C=O) groups is 3. The van der Waals surface area contributed by atoms with Crippen LogP contribution in [0, 0.1) is 5.82 Å². The number of anilines is 1. The normalized spacial score (nSPS) is 9.96. The zero-order chi connectivity index (χ0) is 19.5. The molecule has 2 aromatic carbocycles. The maximum atomic E-state index is 13.4. The molecule has 2 aromatic rings. The Labute approximate surface area is 155 Å². The van der Waals surface area contributed by atoms with Crippen molar-refractivity contribution in [2.75, 3.05) is 18.5 Å². The molecule has 0 aliphatic carbocycles. The molecule has 0 aliphatic rings. The number of amides is 3. The van der Waals surface area contributed by atoms with Gasteiger partial charge in [0, 0.05) is 24.3 Å². The van der Waals surface area contributed by atoms with Crippen LogP contribution in [0.15, 0.2) is 54.6 Å². The number of carbonyl (C=O) groups excluding carboxylic acids is 3. The molecule has 0 saturated heterocycles. The highest BCUT2D eigenvalue weighted by Gasteiger charge is 2.09. The highest BCUT2D eigenvalue weighted by Crippen LogP contribution is 2.05. The van der Waals surface area contributed by atoms with Crippen LogP contribution in [0.5, 0.6) is 0 Å². The Morgan fingerprint density at radius 3 is 2.37 bits per heavy atom. The number of hydrogen-bond acceptors (Lipinski definition) is 4. The van der Waals surface area contributed by atoms with Gasteiger partial charge in [-0.3, -0.25) is 9.59 Å². The van der Waals surface area contributed by atoms with Crippen molar-refractivity contribution < 1.29 is 23.5 Å². The van der Waals surface area contributed by atoms with Gasteiger partial charge in [0.25, 0.3) is 5.91 Å². The van der Waals surface area contributed by atoms with Crippen LogP contribution in [0.2, 0.25) is 0 Å². The van der Waals surface area contributed by atoms with Crippen molar-refractivity contribution in [3.8, 4) is 0 Å². The van der Waals surface area contributed by atoms with Crippen molar-refractivity contribution in [2.45, 2.75) is 13.0 Å². The van der Waals surface area contributed by atoms with Crippen LogP contribution in [0.25, 0.3) is 0 Å². The Kier molecular flexibility index (Phi) is 7.77. The number of para-hydroxylation sites is 1. The Hall–Kier alpha value is -3.42. The van der Waals surface area contributed by atoms with Gasteiger partial charge < -0.3 is 20.7 Å². The Morgan fingerprint density at radius 1 is 0.926 bits per heavy atom. The number of nitrogens with one attached hydrogen (secondary N) is 3. The van der Waals surface area contributed by atoms with Gasteiger partial charge in [0.15, 0.2) is 6.61 Å². The summed E-state index contributed by atoms with van der Waals surface area (Å²) >= 11 is 0. The van der Waals surface area contributed by atoms with E-state index in [-0.39, 0.29) is 19.5 Å². The van der Waals surface area contributed by atoms with E-state index in [4.69, 9.17) is 4.74 Å². The van der Waals surface area contributed by atoms with Crippen molar-refractivity contribution >= 4 is 23.6 Å². The molecule has 2 rings (SSSR count). The molecule has 142 valence electrons. The van der Waals surface area contributed by atoms with Gasteiger partial charge in [-0.2, -0.15) is 0 Å². The maximum Gasteiger partial charge on any atom is 0.319 e. The second-order valence-electron chi connectivity index (χ2n) is 5.53. The smallest absolute Gasteiger partial charge is 0.319 e. The van der Waals surface area contributed by atoms with Crippen LogP contribution in [-0.4, -0.2) is 31.1 Å². The van der Waals surface area contributed by atoms with E-state index in [1.165, 1.54) is 6.07 Å². The molecular formula is C19H20FN3O4. The predicted octanol–water partition coefficient (Wildman–Crippen LogP) is 2.20. The van der Waals surface area contributed by atoms with Crippen molar-refractivity contribution in [1.29, 1.82) is 0 Å². The third-order valence-corrected chi connectivity index (χ3v) is 3.44. The number of ether oxygens (including phenoxy) is 1. The summed E-state index contributed by atoms with van der Waals surface area (Å²) in [7, 11) is 0. The Balaban J connectivity index is 1.58. The second-order valence-corrected chi connectivity index (χ2v) is 5.53. The van der Waals surface area contributed by atoms with Crippen molar-refractivity contribution in [1.82, 2.24) is 10.6 Å². The molecule has 3 amide bonds. The summed E-state index contributed by atoms with van der Waals surface area (Å²) in [6.07, 6.45) is -0.0806. The van der Waals surface area contributed by atoms with Gasteiger partial charge >= 0.3 is 12.0 Å². The summed E-state index contributed by atoms with van der Waals surface area (Å²) in [5, 5.41) is 7.58. The summed E-state index contributed by atoms with van der Waals surface area (Å²) < 4.78 is 18.2. The van der Waals surface area contributed by atoms with Crippen LogP contribution < -0.4 is 16.0 Å². The fraction of sp³-hybridized carbons (Fsp3) is 0.211. The molecule has 0 unspecified atom stereocenters. The minimum Gasteiger partial charge on any atom is -0.456 e. The summed E-state index contributed by atoms with van der Waals surface area (Å²) in [5.41, 5.74) is 0.968. The van der Waals surface area contributed by atoms with Crippen LogP contribution in [0.1, 0.15) is 12.0 Å². The zero-order valence-electron chi connectivity index (χ0n) is 14.5. The standard InChI is InChI=1S/C19H20FN3O4/c20-16-9-5-4-6-14(16)12-22-17(24)13-27-18(25)10-11-21-19(26)23-15-7-2-1-3-8-15/h1-9H,10-13H2,(H,22,24)(H2,21,23,26). The quantitative estimate of drug-likeness (QED) is 0.618. The minimum absolute atomic E-state index is 0.00424. The molecule has 8 heteroatoms. The van der Waals surface area contributed by atoms with E-state index in [1.54, 1.807) is 42.5 Å². The Morgan fingerprint density at radius 2 is 1.63 bits per heavy atom. The minimum atomic E-state index is -0.629. The molecule has 0 aliphatic heterocycles. The summed E-state index contributed by atoms with van der Waals surface area (Å²) in [4.78, 5) is 34.8. The van der Waals surface area contributed by atoms with Gasteiger partial charge in [-0.1, -0.05) is 36.4 Å². The lowest BCUT2D eigenvalue weighted by Crippen LogP contribution is -2.32. The lowest BCUT2D eigenvalue weighted by Gasteiger charge is -2.08. The Bertz CT molecular complexity index is 784. The molecule has 7 nitrogen and oxygen atoms in total. The lowest BCUT2D eigenvalue weighted by molar-refractivity contribution is -0.148. The fourth-order valence-corrected chi connectivity index (χ4v) is 2.08. The first-order valence-corrected chi connectivity index (χ1v) is 8.30. The molecule has 0 heterocycles. The summed E-state index contributed by atoms with van der Waals surface area (Å²) in [5.74, 6) is -1.59. The number of esters is 1. The molecule has 0 atom stereocenters. The van der Waals surface area contributed by atoms with Crippen molar-refractivity contribution in [2.24, 2.45) is 0 Å². The monoisotopic (exact) mass is 373 g/mol. The van der Waals surface area contributed by atoms with E-state index in [1.807, 2.05) is 6.07 Å². The number of rotatable bonds is 8. The first-order chi connectivity index (χ1) is 13.0. The first kappa shape index (κ1) is 19.9. The molecule has 0 spiro atoms. The third kappa shape index (κ3) is 7.55. The molecule has 0 aromatic heterocycles. The predicted molar refractivity (Wildman–Crippen MR) is 97.3 cm³/mol. The van der Waals surface area contributed by atoms with Crippen molar-refractivity contribution in [3.63, 3.8) is 0 Å². The van der Waals surface area contributed by atoms with Crippen molar-refractivity contribution in [3.05, 3.63) is 66.0 Å². The molecule has 0 bridgehead atoms. The van der Waals surface area contributed by atoms with Gasteiger partial charge in [0.2, 0.25) is 0 Å². The number of halogens is 1. The number of hydrogen-bond donors (Lipinski definition) is 3. The highest BCUT2D eigenvalue weighted by molar-refractivity contribution is 5.89. The van der Waals surface area contributed by atoms with Gasteiger partial charge in [-0.05, 0) is 18.2 Å². The van der Waals surface area contributed by atoms with E-state index in [9.17, 15) is 18.8 Å². The second kappa shape index (κ2) is 10.5.